The molecular weight excluding hydrogens is 368 g/mol. The summed E-state index contributed by atoms with van der Waals surface area (Å²) >= 11 is 0. The van der Waals surface area contributed by atoms with Gasteiger partial charge in [-0.25, -0.2) is 0 Å². The lowest BCUT2D eigenvalue weighted by molar-refractivity contribution is 0.441. The van der Waals surface area contributed by atoms with E-state index in [0.717, 1.165) is 33.4 Å². The molecule has 0 spiro atoms. The van der Waals surface area contributed by atoms with E-state index in [1.807, 2.05) is 12.1 Å². The summed E-state index contributed by atoms with van der Waals surface area (Å²) in [6, 6.07) is 8.24. The Morgan fingerprint density at radius 1 is 0.400 bits per heavy atom. The van der Waals surface area contributed by atoms with Gasteiger partial charge in [0.15, 0.2) is 0 Å². The normalized spacial score (nSPS) is 13.6. The van der Waals surface area contributed by atoms with Gasteiger partial charge in [-0.15, -0.1) is 0 Å². The molecule has 0 radical (unpaired) electrons. The number of phenolic OH excluding ortho intramolecular Hbond substituents is 2. The molecule has 0 saturated carbocycles. The highest BCUT2D eigenvalue weighted by Gasteiger charge is 2.30. The molecule has 0 atom stereocenters. The molecule has 166 valence electrons. The molecule has 2 nitrogen and oxygen atoms in total. The molecule has 2 N–H and O–H groups in total. The van der Waals surface area contributed by atoms with Crippen LogP contribution in [0.2, 0.25) is 0 Å². The second kappa shape index (κ2) is 7.32. The Bertz CT molecular complexity index is 858. The van der Waals surface area contributed by atoms with Crippen molar-refractivity contribution in [2.45, 2.75) is 105 Å². The molecular formula is C28H42O2. The van der Waals surface area contributed by atoms with Crippen LogP contribution in [0.5, 0.6) is 11.5 Å². The highest BCUT2D eigenvalue weighted by molar-refractivity contribution is 5.77. The molecule has 0 fully saturated rings. The molecule has 0 bridgehead atoms. The number of aromatic hydroxyl groups is 2. The molecule has 0 unspecified atom stereocenters. The van der Waals surface area contributed by atoms with Gasteiger partial charge < -0.3 is 10.2 Å². The molecule has 30 heavy (non-hydrogen) atoms. The summed E-state index contributed by atoms with van der Waals surface area (Å²) in [5, 5.41) is 21.8. The van der Waals surface area contributed by atoms with Crippen molar-refractivity contribution < 1.29 is 10.2 Å². The van der Waals surface area contributed by atoms with Gasteiger partial charge in [-0.3, -0.25) is 0 Å². The van der Waals surface area contributed by atoms with E-state index in [1.165, 1.54) is 0 Å². The van der Waals surface area contributed by atoms with E-state index in [9.17, 15) is 10.2 Å². The monoisotopic (exact) mass is 410 g/mol. The maximum absolute atomic E-state index is 10.9. The van der Waals surface area contributed by atoms with Crippen LogP contribution in [-0.4, -0.2) is 10.2 Å². The summed E-state index contributed by atoms with van der Waals surface area (Å²) < 4.78 is 0. The predicted octanol–water partition coefficient (Wildman–Crippen LogP) is 7.95. The van der Waals surface area contributed by atoms with Gasteiger partial charge >= 0.3 is 0 Å². The summed E-state index contributed by atoms with van der Waals surface area (Å²) in [7, 11) is 0. The lowest BCUT2D eigenvalue weighted by Gasteiger charge is -2.32. The van der Waals surface area contributed by atoms with Crippen LogP contribution in [0, 0.1) is 0 Å². The van der Waals surface area contributed by atoms with Gasteiger partial charge in [-0.05, 0) is 79.3 Å². The van der Waals surface area contributed by atoms with Crippen LogP contribution in [-0.2, 0) is 21.7 Å². The molecule has 0 aliphatic heterocycles. The predicted molar refractivity (Wildman–Crippen MR) is 130 cm³/mol. The van der Waals surface area contributed by atoms with Gasteiger partial charge in [0.25, 0.3) is 0 Å². The first-order chi connectivity index (χ1) is 13.2. The van der Waals surface area contributed by atoms with Crippen LogP contribution < -0.4 is 0 Å². The quantitative estimate of drug-likeness (QED) is 0.500. The highest BCUT2D eigenvalue weighted by Crippen LogP contribution is 2.46. The van der Waals surface area contributed by atoms with E-state index in [1.54, 1.807) is 0 Å². The van der Waals surface area contributed by atoms with Crippen molar-refractivity contribution >= 4 is 0 Å². The molecule has 0 aliphatic carbocycles. The second-order valence-electron chi connectivity index (χ2n) is 12.8. The molecule has 2 rings (SSSR count). The largest absolute Gasteiger partial charge is 0.508 e. The first-order valence-electron chi connectivity index (χ1n) is 11.0. The average molecular weight is 411 g/mol. The Hall–Kier alpha value is -1.96. The van der Waals surface area contributed by atoms with E-state index in [-0.39, 0.29) is 21.7 Å². The van der Waals surface area contributed by atoms with Crippen molar-refractivity contribution in [3.8, 4) is 22.6 Å². The summed E-state index contributed by atoms with van der Waals surface area (Å²) in [5.74, 6) is 0.701. The summed E-state index contributed by atoms with van der Waals surface area (Å²) in [4.78, 5) is 0. The number of benzene rings is 2. The molecule has 0 amide bonds. The fourth-order valence-corrected chi connectivity index (χ4v) is 4.06. The van der Waals surface area contributed by atoms with Crippen molar-refractivity contribution in [2.75, 3.05) is 0 Å². The zero-order valence-electron chi connectivity index (χ0n) is 21.2. The standard InChI is InChI=1S/C28H42O2/c1-25(2,3)19-15-23(29)21(27(7,8)9)13-17(19)18-14-22(28(10,11)12)24(30)16-20(18)26(4,5)6/h13-16,29-30H,1-12H3. The fraction of sp³-hybridized carbons (Fsp3) is 0.571. The number of hydrogen-bond donors (Lipinski definition) is 2. The molecule has 2 heteroatoms. The first-order valence-corrected chi connectivity index (χ1v) is 11.0. The maximum atomic E-state index is 10.9. The van der Waals surface area contributed by atoms with Gasteiger partial charge in [0.2, 0.25) is 0 Å². The Morgan fingerprint density at radius 2 is 0.633 bits per heavy atom. The van der Waals surface area contributed by atoms with Crippen molar-refractivity contribution in [2.24, 2.45) is 0 Å². The summed E-state index contributed by atoms with van der Waals surface area (Å²) in [5.41, 5.74) is 5.75. The van der Waals surface area contributed by atoms with Gasteiger partial charge in [-0.1, -0.05) is 83.1 Å². The van der Waals surface area contributed by atoms with Gasteiger partial charge in [0.1, 0.15) is 11.5 Å². The lowest BCUT2D eigenvalue weighted by Crippen LogP contribution is -2.20. The minimum absolute atomic E-state index is 0.141. The average Bonchev–Trinajstić information content (AvgIpc) is 2.50. The van der Waals surface area contributed by atoms with E-state index in [4.69, 9.17) is 0 Å². The molecule has 0 aliphatic rings. The third-order valence-corrected chi connectivity index (χ3v) is 5.79. The Morgan fingerprint density at radius 3 is 0.833 bits per heavy atom. The van der Waals surface area contributed by atoms with Crippen LogP contribution in [0.15, 0.2) is 24.3 Å². The molecule has 0 aromatic heterocycles. The Kier molecular flexibility index (Phi) is 5.93. The Balaban J connectivity index is 3.08. The van der Waals surface area contributed by atoms with Crippen LogP contribution in [0.1, 0.15) is 105 Å². The molecule has 0 heterocycles. The minimum Gasteiger partial charge on any atom is -0.508 e. The smallest absolute Gasteiger partial charge is 0.119 e. The topological polar surface area (TPSA) is 40.5 Å². The SMILES string of the molecule is CC(C)(C)c1cc(-c2cc(C(C)(C)C)c(O)cc2C(C)(C)C)c(C(C)(C)C)cc1O. The highest BCUT2D eigenvalue weighted by atomic mass is 16.3. The van der Waals surface area contributed by atoms with Crippen molar-refractivity contribution in [1.29, 1.82) is 0 Å². The van der Waals surface area contributed by atoms with Crippen LogP contribution in [0.4, 0.5) is 0 Å². The number of hydrogen-bond acceptors (Lipinski definition) is 2. The van der Waals surface area contributed by atoms with Crippen LogP contribution in [0.3, 0.4) is 0 Å². The Labute approximate surface area is 184 Å². The van der Waals surface area contributed by atoms with E-state index in [2.05, 4.69) is 95.2 Å². The van der Waals surface area contributed by atoms with Crippen LogP contribution >= 0.6 is 0 Å². The third-order valence-electron chi connectivity index (χ3n) is 5.79. The van der Waals surface area contributed by atoms with Gasteiger partial charge in [-0.2, -0.15) is 0 Å². The first kappa shape index (κ1) is 24.3. The van der Waals surface area contributed by atoms with E-state index < -0.39 is 0 Å². The van der Waals surface area contributed by atoms with E-state index in [0.29, 0.717) is 11.5 Å². The number of rotatable bonds is 1. The van der Waals surface area contributed by atoms with E-state index >= 15 is 0 Å². The third kappa shape index (κ3) is 4.85. The van der Waals surface area contributed by atoms with Crippen molar-refractivity contribution in [1.82, 2.24) is 0 Å². The van der Waals surface area contributed by atoms with Gasteiger partial charge in [0, 0.05) is 0 Å². The zero-order chi connectivity index (χ0) is 23.4. The molecule has 2 aromatic rings. The maximum Gasteiger partial charge on any atom is 0.119 e. The molecule has 2 aromatic carbocycles. The van der Waals surface area contributed by atoms with Crippen molar-refractivity contribution in [3.63, 3.8) is 0 Å². The van der Waals surface area contributed by atoms with Gasteiger partial charge in [0.05, 0.1) is 0 Å². The summed E-state index contributed by atoms with van der Waals surface area (Å²) in [6.07, 6.45) is 0. The zero-order valence-corrected chi connectivity index (χ0v) is 21.2. The van der Waals surface area contributed by atoms with Crippen molar-refractivity contribution in [3.05, 3.63) is 46.5 Å². The summed E-state index contributed by atoms with van der Waals surface area (Å²) in [6.45, 7) is 25.9. The second-order valence-corrected chi connectivity index (χ2v) is 12.8. The number of phenols is 2. The van der Waals surface area contributed by atoms with Crippen LogP contribution in [0.25, 0.3) is 11.1 Å². The molecule has 0 saturated heterocycles. The lowest BCUT2D eigenvalue weighted by atomic mass is 9.72. The fourth-order valence-electron chi connectivity index (χ4n) is 4.06. The minimum atomic E-state index is -0.180.